The Morgan fingerprint density at radius 3 is 2.42 bits per heavy atom. The summed E-state index contributed by atoms with van der Waals surface area (Å²) in [6.45, 7) is 6.86. The van der Waals surface area contributed by atoms with Gasteiger partial charge in [0.05, 0.1) is 19.2 Å². The highest BCUT2D eigenvalue weighted by molar-refractivity contribution is 14.1. The summed E-state index contributed by atoms with van der Waals surface area (Å²) in [5, 5.41) is 0. The molecule has 8 heteroatoms. The van der Waals surface area contributed by atoms with E-state index in [-0.39, 0.29) is 12.0 Å². The Morgan fingerprint density at radius 2 is 1.85 bits per heavy atom. The molecule has 0 atom stereocenters. The van der Waals surface area contributed by atoms with Crippen molar-refractivity contribution < 1.29 is 19.1 Å². The molecule has 3 rings (SSSR count). The lowest BCUT2D eigenvalue weighted by atomic mass is 10.1. The number of hydrogen-bond donors (Lipinski definition) is 0. The number of nitrogens with zero attached hydrogens (tertiary/aromatic N) is 2. The third-order valence-electron chi connectivity index (χ3n) is 5.11. The maximum absolute atomic E-state index is 13.7. The lowest BCUT2D eigenvalue weighted by Crippen LogP contribution is -2.41. The van der Waals surface area contributed by atoms with Crippen molar-refractivity contribution in [3.63, 3.8) is 0 Å². The molecule has 33 heavy (non-hydrogen) atoms. The molecule has 2 amide bonds. The highest BCUT2D eigenvalue weighted by atomic mass is 127. The van der Waals surface area contributed by atoms with E-state index >= 15 is 0 Å². The molecule has 0 spiro atoms. The third kappa shape index (κ3) is 6.72. The fraction of sp³-hybridized carbons (Fsp3) is 0.360. The van der Waals surface area contributed by atoms with Crippen molar-refractivity contribution in [2.24, 2.45) is 0 Å². The summed E-state index contributed by atoms with van der Waals surface area (Å²) in [4.78, 5) is 29.6. The zero-order chi connectivity index (χ0) is 24.2. The van der Waals surface area contributed by atoms with Crippen LogP contribution >= 0.6 is 38.5 Å². The number of rotatable bonds is 5. The van der Waals surface area contributed by atoms with Gasteiger partial charge < -0.3 is 19.3 Å². The Hall–Kier alpha value is -2.07. The molecule has 0 N–H and O–H groups in total. The van der Waals surface area contributed by atoms with Crippen molar-refractivity contribution in [3.05, 3.63) is 73.4 Å². The normalized spacial score (nSPS) is 13.9. The largest absolute Gasteiger partial charge is 0.497 e. The molecule has 0 aliphatic carbocycles. The smallest absolute Gasteiger partial charge is 0.410 e. The first-order valence-corrected chi connectivity index (χ1v) is 12.5. The molecule has 2 aromatic rings. The van der Waals surface area contributed by atoms with Crippen LogP contribution in [-0.2, 0) is 11.3 Å². The summed E-state index contributed by atoms with van der Waals surface area (Å²) < 4.78 is 12.5. The highest BCUT2D eigenvalue weighted by Crippen LogP contribution is 2.28. The van der Waals surface area contributed by atoms with Gasteiger partial charge in [0.25, 0.3) is 5.91 Å². The number of carbonyl (C=O) groups excluding carboxylic acids is 2. The molecule has 6 nitrogen and oxygen atoms in total. The van der Waals surface area contributed by atoms with Crippen LogP contribution in [0, 0.1) is 3.57 Å². The molecule has 0 saturated carbocycles. The van der Waals surface area contributed by atoms with Crippen molar-refractivity contribution in [3.8, 4) is 5.75 Å². The number of amides is 2. The molecule has 0 bridgehead atoms. The minimum Gasteiger partial charge on any atom is -0.497 e. The van der Waals surface area contributed by atoms with Crippen molar-refractivity contribution in [2.75, 3.05) is 20.2 Å². The number of halogens is 2. The van der Waals surface area contributed by atoms with E-state index in [1.807, 2.05) is 69.3 Å². The van der Waals surface area contributed by atoms with Gasteiger partial charge in [-0.1, -0.05) is 18.2 Å². The van der Waals surface area contributed by atoms with Gasteiger partial charge in [-0.2, -0.15) is 0 Å². The second-order valence-corrected chi connectivity index (χ2v) is 10.6. The topological polar surface area (TPSA) is 59.1 Å². The summed E-state index contributed by atoms with van der Waals surface area (Å²) >= 11 is 5.71. The number of benzene rings is 2. The second-order valence-electron chi connectivity index (χ2n) is 8.71. The summed E-state index contributed by atoms with van der Waals surface area (Å²) in [5.41, 5.74) is 1.97. The molecule has 1 aliphatic rings. The summed E-state index contributed by atoms with van der Waals surface area (Å²) in [7, 11) is 1.63. The summed E-state index contributed by atoms with van der Waals surface area (Å²) in [5.74, 6) is 0.691. The standard InChI is InChI=1S/C25H28BrIN2O4/c1-25(2,3)33-24(31)28-14-12-18(13-15-28)29(16-17-8-10-19(32-4)11-9-17)23(30)20-6-5-7-21(26)22(20)27/h5-12H,13-16H2,1-4H3. The van der Waals surface area contributed by atoms with E-state index in [2.05, 4.69) is 38.5 Å². The van der Waals surface area contributed by atoms with Gasteiger partial charge in [-0.3, -0.25) is 4.79 Å². The molecule has 176 valence electrons. The van der Waals surface area contributed by atoms with Crippen LogP contribution in [0.15, 0.2) is 58.7 Å². The Bertz CT molecular complexity index is 1050. The Labute approximate surface area is 217 Å². The van der Waals surface area contributed by atoms with E-state index in [9.17, 15) is 9.59 Å². The molecule has 0 fully saturated rings. The van der Waals surface area contributed by atoms with Crippen LogP contribution in [0.4, 0.5) is 4.79 Å². The number of carbonyl (C=O) groups is 2. The molecule has 0 radical (unpaired) electrons. The van der Waals surface area contributed by atoms with Gasteiger partial charge in [-0.05, 0) is 95.2 Å². The molecular weight excluding hydrogens is 599 g/mol. The molecule has 0 saturated heterocycles. The summed E-state index contributed by atoms with van der Waals surface area (Å²) in [6.07, 6.45) is 2.16. The van der Waals surface area contributed by atoms with E-state index in [1.54, 1.807) is 16.9 Å². The SMILES string of the molecule is COc1ccc(CN(C(=O)c2cccc(Br)c2I)C2=CCN(C(=O)OC(C)(C)C)CC2)cc1. The maximum Gasteiger partial charge on any atom is 0.410 e. The molecule has 0 aromatic heterocycles. The predicted molar refractivity (Wildman–Crippen MR) is 140 cm³/mol. The lowest BCUT2D eigenvalue weighted by Gasteiger charge is -2.33. The fourth-order valence-electron chi connectivity index (χ4n) is 3.43. The van der Waals surface area contributed by atoms with Crippen LogP contribution in [0.5, 0.6) is 5.75 Å². The van der Waals surface area contributed by atoms with Gasteiger partial charge >= 0.3 is 6.09 Å². The van der Waals surface area contributed by atoms with Crippen molar-refractivity contribution in [1.82, 2.24) is 9.80 Å². The van der Waals surface area contributed by atoms with Gasteiger partial charge in [0.1, 0.15) is 11.4 Å². The monoisotopic (exact) mass is 626 g/mol. The van der Waals surface area contributed by atoms with E-state index < -0.39 is 5.60 Å². The van der Waals surface area contributed by atoms with E-state index in [0.29, 0.717) is 31.6 Å². The Morgan fingerprint density at radius 1 is 1.15 bits per heavy atom. The first kappa shape index (κ1) is 25.6. The zero-order valence-electron chi connectivity index (χ0n) is 19.2. The molecule has 0 unspecified atom stereocenters. The first-order valence-electron chi connectivity index (χ1n) is 10.6. The molecule has 1 heterocycles. The van der Waals surface area contributed by atoms with Crippen LogP contribution in [-0.4, -0.2) is 47.6 Å². The number of ether oxygens (including phenoxy) is 2. The molecule has 1 aliphatic heterocycles. The highest BCUT2D eigenvalue weighted by Gasteiger charge is 2.28. The Balaban J connectivity index is 1.87. The van der Waals surface area contributed by atoms with Crippen LogP contribution in [0.25, 0.3) is 0 Å². The lowest BCUT2D eigenvalue weighted by molar-refractivity contribution is 0.0259. The van der Waals surface area contributed by atoms with E-state index in [4.69, 9.17) is 9.47 Å². The van der Waals surface area contributed by atoms with Crippen molar-refractivity contribution >= 4 is 50.5 Å². The van der Waals surface area contributed by atoms with Gasteiger partial charge in [0.15, 0.2) is 0 Å². The van der Waals surface area contributed by atoms with E-state index in [0.717, 1.165) is 25.1 Å². The van der Waals surface area contributed by atoms with Crippen molar-refractivity contribution in [1.29, 1.82) is 0 Å². The minimum absolute atomic E-state index is 0.0755. The van der Waals surface area contributed by atoms with Crippen LogP contribution in [0.2, 0.25) is 0 Å². The maximum atomic E-state index is 13.7. The average molecular weight is 627 g/mol. The molecular formula is C25H28BrIN2O4. The van der Waals surface area contributed by atoms with Gasteiger partial charge in [0, 0.05) is 33.3 Å². The quantitative estimate of drug-likeness (QED) is 0.369. The van der Waals surface area contributed by atoms with E-state index in [1.165, 1.54) is 0 Å². The third-order valence-corrected chi connectivity index (χ3v) is 7.67. The first-order chi connectivity index (χ1) is 15.6. The average Bonchev–Trinajstić information content (AvgIpc) is 2.78. The minimum atomic E-state index is -0.547. The number of methoxy groups -OCH3 is 1. The predicted octanol–water partition coefficient (Wildman–Crippen LogP) is 6.23. The zero-order valence-corrected chi connectivity index (χ0v) is 23.0. The van der Waals surface area contributed by atoms with Crippen LogP contribution in [0.3, 0.4) is 0 Å². The van der Waals surface area contributed by atoms with Gasteiger partial charge in [-0.25, -0.2) is 4.79 Å². The van der Waals surface area contributed by atoms with Crippen LogP contribution < -0.4 is 4.74 Å². The molecule has 2 aromatic carbocycles. The van der Waals surface area contributed by atoms with Gasteiger partial charge in [0.2, 0.25) is 0 Å². The number of hydrogen-bond acceptors (Lipinski definition) is 4. The Kier molecular flexibility index (Phi) is 8.44. The second kappa shape index (κ2) is 10.9. The van der Waals surface area contributed by atoms with Crippen LogP contribution in [0.1, 0.15) is 43.1 Å². The summed E-state index contributed by atoms with van der Waals surface area (Å²) in [6, 6.07) is 13.3. The fourth-order valence-corrected chi connectivity index (χ4v) is 4.38. The van der Waals surface area contributed by atoms with Gasteiger partial charge in [-0.15, -0.1) is 0 Å². The van der Waals surface area contributed by atoms with Crippen molar-refractivity contribution in [2.45, 2.75) is 39.3 Å².